The summed E-state index contributed by atoms with van der Waals surface area (Å²) in [7, 11) is 14.4. The number of hydrogen-bond acceptors (Lipinski definition) is 2. The summed E-state index contributed by atoms with van der Waals surface area (Å²) in [5.41, 5.74) is 10.3. The van der Waals surface area contributed by atoms with Crippen molar-refractivity contribution in [1.82, 2.24) is 0 Å². The van der Waals surface area contributed by atoms with Crippen LogP contribution in [0.1, 0.15) is 22.3 Å². The average molecular weight is 611 g/mol. The average Bonchev–Trinajstić information content (AvgIpc) is 3.48. The van der Waals surface area contributed by atoms with Crippen LogP contribution >= 0.6 is 17.0 Å². The Morgan fingerprint density at radius 2 is 1.06 bits per heavy atom. The molecule has 182 valence electrons. The van der Waals surface area contributed by atoms with Crippen molar-refractivity contribution in [2.45, 2.75) is 25.9 Å². The van der Waals surface area contributed by atoms with Crippen LogP contribution in [0.4, 0.5) is 0 Å². The summed E-state index contributed by atoms with van der Waals surface area (Å²) in [5, 5.41) is 0. The maximum atomic E-state index is 5.39. The summed E-state index contributed by atoms with van der Waals surface area (Å²) in [6.07, 6.45) is 1.95. The van der Waals surface area contributed by atoms with Crippen LogP contribution < -0.4 is 9.47 Å². The zero-order valence-corrected chi connectivity index (χ0v) is 25.9. The van der Waals surface area contributed by atoms with E-state index in [1.165, 1.54) is 44.5 Å². The predicted molar refractivity (Wildman–Crippen MR) is 149 cm³/mol. The molecule has 4 aromatic carbocycles. The fraction of sp³-hybridized carbons (Fsp3) is 0.200. The fourth-order valence-electron chi connectivity index (χ4n) is 4.47. The number of fused-ring (bicyclic) bond motifs is 6. The summed E-state index contributed by atoms with van der Waals surface area (Å²) < 4.78 is 10.8. The Hall–Kier alpha value is -1.84. The summed E-state index contributed by atoms with van der Waals surface area (Å²) in [6, 6.07) is 31.3. The molecule has 0 aliphatic heterocycles. The summed E-state index contributed by atoms with van der Waals surface area (Å²) in [5.74, 6) is 1.90. The third-order valence-corrected chi connectivity index (χ3v) is 5.83. The van der Waals surface area contributed by atoms with Crippen molar-refractivity contribution in [3.05, 3.63) is 107 Å². The molecule has 2 aliphatic rings. The first-order valence-corrected chi connectivity index (χ1v) is 19.8. The van der Waals surface area contributed by atoms with Gasteiger partial charge in [-0.2, -0.15) is 24.3 Å². The van der Waals surface area contributed by atoms with Gasteiger partial charge in [0, 0.05) is 21.0 Å². The molecule has 0 fully saturated rings. The molecule has 36 heavy (non-hydrogen) atoms. The minimum absolute atomic E-state index is 0.826. The van der Waals surface area contributed by atoms with Crippen molar-refractivity contribution in [3.63, 3.8) is 0 Å². The van der Waals surface area contributed by atoms with Crippen LogP contribution in [0.5, 0.6) is 11.5 Å². The van der Waals surface area contributed by atoms with Crippen molar-refractivity contribution in [2.24, 2.45) is 0 Å². The molecule has 0 unspecified atom stereocenters. The van der Waals surface area contributed by atoms with E-state index in [9.17, 15) is 0 Å². The molecule has 2 nitrogen and oxygen atoms in total. The predicted octanol–water partition coefficient (Wildman–Crippen LogP) is 8.30. The van der Waals surface area contributed by atoms with Crippen LogP contribution in [-0.4, -0.2) is 23.7 Å². The standard InChI is InChI=1S/2C14H11O.C2H6Si.2ClH.Zr/c2*1-15-13-8-4-6-11-9-10-5-2-3-7-12(10)14(11)13;1-3-2;;;/h2*2-5,7-8H,9H2,1H3;1-2H3;2*1H;/q2*-1;;;;+4/p-2. The number of methoxy groups -OCH3 is 2. The Bertz CT molecular complexity index is 1180. The molecule has 0 amide bonds. The van der Waals surface area contributed by atoms with Gasteiger partial charge in [-0.3, -0.25) is 0 Å². The van der Waals surface area contributed by atoms with Crippen molar-refractivity contribution >= 4 is 26.5 Å². The van der Waals surface area contributed by atoms with Gasteiger partial charge >= 0.3 is 37.9 Å². The van der Waals surface area contributed by atoms with Crippen LogP contribution in [0, 0.1) is 12.1 Å². The Morgan fingerprint density at radius 1 is 0.694 bits per heavy atom. The zero-order chi connectivity index (χ0) is 25.9. The Balaban J connectivity index is 0.000000165. The van der Waals surface area contributed by atoms with Gasteiger partial charge in [-0.25, -0.2) is 0 Å². The SMILES string of the molecule is COc1cc[c-]c2c1-c1ccccc1C2.COc1cc[c-]c2c1-c1ccccc1C2.C[Si]C.[Cl][Zr+2][Cl]. The van der Waals surface area contributed by atoms with E-state index >= 15 is 0 Å². The number of rotatable bonds is 2. The summed E-state index contributed by atoms with van der Waals surface area (Å²) in [6.45, 7) is 4.31. The molecule has 0 bridgehead atoms. The monoisotopic (exact) mass is 608 g/mol. The molecule has 0 spiro atoms. The third-order valence-electron chi connectivity index (χ3n) is 5.83. The van der Waals surface area contributed by atoms with E-state index in [1.54, 1.807) is 14.2 Å². The molecule has 0 heterocycles. The molecule has 0 saturated heterocycles. The van der Waals surface area contributed by atoms with Crippen LogP contribution in [0.15, 0.2) is 72.8 Å². The van der Waals surface area contributed by atoms with Crippen LogP contribution in [-0.2, 0) is 33.7 Å². The molecule has 4 aromatic rings. The number of benzene rings is 4. The Labute approximate surface area is 236 Å². The molecule has 6 heteroatoms. The van der Waals surface area contributed by atoms with Gasteiger partial charge in [-0.05, 0) is 24.0 Å². The minimum atomic E-state index is -0.826. The third kappa shape index (κ3) is 6.72. The van der Waals surface area contributed by atoms with Crippen molar-refractivity contribution in [3.8, 4) is 33.8 Å². The molecule has 0 saturated carbocycles. The molecule has 0 atom stereocenters. The maximum absolute atomic E-state index is 5.39. The van der Waals surface area contributed by atoms with Gasteiger partial charge in [-0.1, -0.05) is 83.9 Å². The molecule has 0 aromatic heterocycles. The van der Waals surface area contributed by atoms with Crippen LogP contribution in [0.2, 0.25) is 13.1 Å². The van der Waals surface area contributed by atoms with Gasteiger partial charge < -0.3 is 9.47 Å². The van der Waals surface area contributed by atoms with Gasteiger partial charge in [0.15, 0.2) is 0 Å². The van der Waals surface area contributed by atoms with Gasteiger partial charge in [0.1, 0.15) is 0 Å². The van der Waals surface area contributed by atoms with Crippen molar-refractivity contribution in [1.29, 1.82) is 0 Å². The number of hydrogen-bond donors (Lipinski definition) is 0. The first-order valence-electron chi connectivity index (χ1n) is 11.5. The van der Waals surface area contributed by atoms with Gasteiger partial charge in [0.05, 0.1) is 14.2 Å². The Kier molecular flexibility index (Phi) is 11.8. The second-order valence-electron chi connectivity index (χ2n) is 8.04. The van der Waals surface area contributed by atoms with E-state index in [-0.39, 0.29) is 0 Å². The van der Waals surface area contributed by atoms with Crippen LogP contribution in [0.3, 0.4) is 0 Å². The van der Waals surface area contributed by atoms with Crippen molar-refractivity contribution < 1.29 is 30.3 Å². The number of halogens is 2. The van der Waals surface area contributed by atoms with E-state index in [1.807, 2.05) is 24.3 Å². The van der Waals surface area contributed by atoms with Gasteiger partial charge in [0.2, 0.25) is 0 Å². The zero-order valence-electron chi connectivity index (χ0n) is 20.9. The fourth-order valence-corrected chi connectivity index (χ4v) is 4.47. The second kappa shape index (κ2) is 14.8. The van der Waals surface area contributed by atoms with Crippen LogP contribution in [0.25, 0.3) is 22.3 Å². The first-order chi connectivity index (χ1) is 17.6. The van der Waals surface area contributed by atoms with Crippen molar-refractivity contribution in [2.75, 3.05) is 14.2 Å². The molecular formula is C30H28Cl2O2SiZr. The molecular weight excluding hydrogens is 583 g/mol. The summed E-state index contributed by atoms with van der Waals surface area (Å²) in [4.78, 5) is 0. The molecule has 2 radical (unpaired) electrons. The topological polar surface area (TPSA) is 18.5 Å². The summed E-state index contributed by atoms with van der Waals surface area (Å²) >= 11 is -0.826. The first kappa shape index (κ1) is 28.7. The van der Waals surface area contributed by atoms with E-state index < -0.39 is 20.8 Å². The quantitative estimate of drug-likeness (QED) is 0.145. The second-order valence-corrected chi connectivity index (χ2v) is 12.8. The normalized spacial score (nSPS) is 10.8. The van der Waals surface area contributed by atoms with E-state index in [2.05, 4.69) is 73.8 Å². The van der Waals surface area contributed by atoms with Gasteiger partial charge in [-0.15, -0.1) is 23.3 Å². The van der Waals surface area contributed by atoms with E-state index in [0.29, 0.717) is 0 Å². The van der Waals surface area contributed by atoms with E-state index in [4.69, 9.17) is 26.5 Å². The van der Waals surface area contributed by atoms with Gasteiger partial charge in [0.25, 0.3) is 0 Å². The number of ether oxygens (including phenoxy) is 2. The van der Waals surface area contributed by atoms with E-state index in [0.717, 1.165) is 33.9 Å². The molecule has 0 N–H and O–H groups in total. The Morgan fingerprint density at radius 3 is 1.42 bits per heavy atom. The molecule has 6 rings (SSSR count). The molecule has 2 aliphatic carbocycles.